The first-order chi connectivity index (χ1) is 5.12. The van der Waals surface area contributed by atoms with Gasteiger partial charge in [-0.2, -0.15) is 0 Å². The Kier molecular flexibility index (Phi) is 2.85. The summed E-state index contributed by atoms with van der Waals surface area (Å²) in [6.07, 6.45) is 0. The molecule has 12 heavy (non-hydrogen) atoms. The van der Waals surface area contributed by atoms with Crippen molar-refractivity contribution >= 4 is 34.8 Å². The molecule has 0 aromatic rings. The SMILES string of the molecule is F[P+]1(F)N[P+](F)(F)N[P+](F)(Cl)N1. The van der Waals surface area contributed by atoms with Crippen LogP contribution in [0.2, 0.25) is 0 Å². The van der Waals surface area contributed by atoms with Gasteiger partial charge in [-0.3, -0.25) is 0 Å². The molecule has 3 nitrogen and oxygen atoms in total. The number of rotatable bonds is 0. The molecule has 0 unspecified atom stereocenters. The van der Waals surface area contributed by atoms with Crippen molar-refractivity contribution in [1.29, 1.82) is 0 Å². The number of hydrogen-bond donors (Lipinski definition) is 3. The minimum Gasteiger partial charge on any atom is 0.00687 e. The lowest BCUT2D eigenvalue weighted by atomic mass is 13.8. The molecule has 0 aromatic carbocycles. The van der Waals surface area contributed by atoms with Crippen LogP contribution < -0.4 is 14.6 Å². The van der Waals surface area contributed by atoms with Gasteiger partial charge in [0.2, 0.25) is 0 Å². The van der Waals surface area contributed by atoms with Crippen LogP contribution in [0.25, 0.3) is 0 Å². The number of nitrogens with one attached hydrogen (secondary N) is 3. The first-order valence-corrected chi connectivity index (χ1v) is 8.08. The molecule has 72 valence electrons. The Hall–Kier alpha value is 1.11. The Morgan fingerprint density at radius 1 is 0.750 bits per heavy atom. The average Bonchev–Trinajstić information content (AvgIpc) is 1.44. The van der Waals surface area contributed by atoms with Crippen LogP contribution >= 0.6 is 34.8 Å². The van der Waals surface area contributed by atoms with Gasteiger partial charge in [-0.1, -0.05) is 0 Å². The Morgan fingerprint density at radius 2 is 1.08 bits per heavy atom. The van der Waals surface area contributed by atoms with E-state index in [1.54, 1.807) is 0 Å². The number of halogens is 6. The summed E-state index contributed by atoms with van der Waals surface area (Å²) in [5.41, 5.74) is 0. The smallest absolute Gasteiger partial charge is 0.00687 e. The van der Waals surface area contributed by atoms with Crippen molar-refractivity contribution < 1.29 is 21.0 Å². The van der Waals surface area contributed by atoms with E-state index in [4.69, 9.17) is 11.2 Å². The van der Waals surface area contributed by atoms with E-state index in [1.807, 2.05) is 0 Å². The highest BCUT2D eigenvalue weighted by Gasteiger charge is 2.80. The minimum atomic E-state index is -5.30. The molecule has 0 saturated carbocycles. The van der Waals surface area contributed by atoms with Crippen LogP contribution in [0.3, 0.4) is 0 Å². The predicted octanol–water partition coefficient (Wildman–Crippen LogP) is 3.89. The molecule has 0 atom stereocenters. The normalized spacial score (nSPS) is 31.5. The summed E-state index contributed by atoms with van der Waals surface area (Å²) in [5, 5.41) is 0. The van der Waals surface area contributed by atoms with Crippen LogP contribution in [0.4, 0.5) is 21.0 Å². The zero-order valence-corrected chi connectivity index (χ0v) is 8.55. The molecule has 0 amide bonds. The van der Waals surface area contributed by atoms with Crippen molar-refractivity contribution in [3.05, 3.63) is 0 Å². The van der Waals surface area contributed by atoms with E-state index < -0.39 is 23.6 Å². The molecule has 12 heteroatoms. The van der Waals surface area contributed by atoms with Gasteiger partial charge in [-0.05, 0) is 0 Å². The van der Waals surface area contributed by atoms with E-state index in [-0.39, 0.29) is 0 Å². The van der Waals surface area contributed by atoms with Crippen molar-refractivity contribution in [3.8, 4) is 0 Å². The van der Waals surface area contributed by atoms with E-state index in [0.29, 0.717) is 0 Å². The van der Waals surface area contributed by atoms with E-state index in [2.05, 4.69) is 0 Å². The quantitative estimate of drug-likeness (QED) is 0.461. The second kappa shape index (κ2) is 3.06. The van der Waals surface area contributed by atoms with E-state index in [1.165, 1.54) is 0 Å². The lowest BCUT2D eigenvalue weighted by Gasteiger charge is -2.13. The zero-order valence-electron chi connectivity index (χ0n) is 5.11. The molecular formula is H3ClF5N3P3+3. The standard InChI is InChI=1S/ClF5H3N3P3/c1-10(2)7-11(3,4)9-12(5,6)8-10/h7-9H/q+3. The minimum absolute atomic E-state index is 0.724. The second-order valence-electron chi connectivity index (χ2n) is 1.84. The molecule has 1 fully saturated rings. The van der Waals surface area contributed by atoms with Crippen LogP contribution in [0.1, 0.15) is 0 Å². The van der Waals surface area contributed by atoms with Gasteiger partial charge in [0, 0.05) is 21.0 Å². The van der Waals surface area contributed by atoms with Crippen molar-refractivity contribution in [2.24, 2.45) is 0 Å². The average molecular weight is 268 g/mol. The fourth-order valence-electron chi connectivity index (χ4n) is 0.540. The fourth-order valence-corrected chi connectivity index (χ4v) is 7.78. The third kappa shape index (κ3) is 3.11. The maximum atomic E-state index is 12.6. The molecule has 1 saturated heterocycles. The van der Waals surface area contributed by atoms with Crippen LogP contribution in [0.15, 0.2) is 0 Å². The maximum Gasteiger partial charge on any atom is 0.610 e. The monoisotopic (exact) mass is 268 g/mol. The molecule has 1 rings (SSSR count). The summed E-state index contributed by atoms with van der Waals surface area (Å²) in [6.45, 7) is 0. The van der Waals surface area contributed by atoms with Gasteiger partial charge < -0.3 is 0 Å². The first-order valence-electron chi connectivity index (χ1n) is 2.36. The summed E-state index contributed by atoms with van der Waals surface area (Å²) < 4.78 is 61.8. The van der Waals surface area contributed by atoms with Gasteiger partial charge in [0.05, 0.1) is 14.6 Å². The number of hydrogen-bond acceptors (Lipinski definition) is 3. The van der Waals surface area contributed by atoms with Crippen molar-refractivity contribution in [1.82, 2.24) is 14.6 Å². The van der Waals surface area contributed by atoms with Crippen LogP contribution in [-0.4, -0.2) is 0 Å². The van der Waals surface area contributed by atoms with Crippen molar-refractivity contribution in [2.75, 3.05) is 0 Å². The lowest BCUT2D eigenvalue weighted by molar-refractivity contribution is 0.622. The van der Waals surface area contributed by atoms with E-state index >= 15 is 0 Å². The lowest BCUT2D eigenvalue weighted by Crippen LogP contribution is -2.33. The van der Waals surface area contributed by atoms with Crippen molar-refractivity contribution in [2.45, 2.75) is 0 Å². The van der Waals surface area contributed by atoms with Gasteiger partial charge in [0.25, 0.3) is 0 Å². The highest BCUT2D eigenvalue weighted by molar-refractivity contribution is 8.05. The zero-order chi connectivity index (χ0) is 9.62. The topological polar surface area (TPSA) is 36.1 Å². The summed E-state index contributed by atoms with van der Waals surface area (Å²) in [6, 6.07) is 0. The van der Waals surface area contributed by atoms with Crippen LogP contribution in [0, 0.1) is 0 Å². The fraction of sp³-hybridized carbons (Fsp3) is 0. The molecule has 0 aliphatic carbocycles. The molecule has 1 aliphatic heterocycles. The van der Waals surface area contributed by atoms with Gasteiger partial charge in [-0.15, -0.1) is 0 Å². The Bertz CT molecular complexity index is 149. The molecule has 0 spiro atoms. The largest absolute Gasteiger partial charge is 0.610 e. The molecule has 0 aromatic heterocycles. The molecule has 1 heterocycles. The maximum absolute atomic E-state index is 12.6. The second-order valence-corrected chi connectivity index (χ2v) is 8.72. The molecule has 0 radical (unpaired) electrons. The summed E-state index contributed by atoms with van der Waals surface area (Å²) >= 11 is 4.72. The third-order valence-corrected chi connectivity index (χ3v) is 8.14. The summed E-state index contributed by atoms with van der Waals surface area (Å²) in [7, 11) is -15.2. The Labute approximate surface area is 71.1 Å². The first kappa shape index (κ1) is 11.2. The molecule has 3 N–H and O–H groups in total. The van der Waals surface area contributed by atoms with Gasteiger partial charge in [0.15, 0.2) is 11.2 Å². The predicted molar refractivity (Wildman–Crippen MR) is 41.6 cm³/mol. The van der Waals surface area contributed by atoms with Gasteiger partial charge in [0.1, 0.15) is 0 Å². The van der Waals surface area contributed by atoms with E-state index in [9.17, 15) is 21.0 Å². The van der Waals surface area contributed by atoms with Crippen molar-refractivity contribution in [3.63, 3.8) is 0 Å². The van der Waals surface area contributed by atoms with Gasteiger partial charge >= 0.3 is 23.6 Å². The highest BCUT2D eigenvalue weighted by Crippen LogP contribution is 2.84. The molecule has 0 bridgehead atoms. The van der Waals surface area contributed by atoms with Crippen LogP contribution in [0.5, 0.6) is 0 Å². The third-order valence-electron chi connectivity index (χ3n) is 0.754. The Morgan fingerprint density at radius 3 is 1.33 bits per heavy atom. The van der Waals surface area contributed by atoms with Gasteiger partial charge in [-0.25, -0.2) is 0 Å². The molecule has 1 aliphatic rings. The van der Waals surface area contributed by atoms with Crippen LogP contribution in [-0.2, 0) is 0 Å². The summed E-state index contributed by atoms with van der Waals surface area (Å²) in [5.74, 6) is 0. The highest BCUT2D eigenvalue weighted by atomic mass is 35.7. The van der Waals surface area contributed by atoms with E-state index in [0.717, 1.165) is 14.6 Å². The summed E-state index contributed by atoms with van der Waals surface area (Å²) in [4.78, 5) is 2.73. The Balaban J connectivity index is 2.81. The molecular weight excluding hydrogens is 265 g/mol.